The molecule has 0 unspecified atom stereocenters. The van der Waals surface area contributed by atoms with E-state index in [1.54, 1.807) is 0 Å². The van der Waals surface area contributed by atoms with Gasteiger partial charge in [-0.1, -0.05) is 194 Å². The van der Waals surface area contributed by atoms with Crippen LogP contribution in [0.4, 0.5) is 0 Å². The minimum absolute atomic E-state index is 0.579. The number of rotatable bonds is 7. The highest BCUT2D eigenvalue weighted by molar-refractivity contribution is 7.25. The van der Waals surface area contributed by atoms with E-state index in [4.69, 9.17) is 0 Å². The van der Waals surface area contributed by atoms with E-state index in [2.05, 4.69) is 242 Å². The van der Waals surface area contributed by atoms with Crippen molar-refractivity contribution in [3.63, 3.8) is 0 Å². The van der Waals surface area contributed by atoms with E-state index in [9.17, 15) is 0 Å². The Bertz CT molecular complexity index is 3810. The summed E-state index contributed by atoms with van der Waals surface area (Å²) in [5.74, 6) is 0. The molecular formula is C63H43NS. The van der Waals surface area contributed by atoms with Gasteiger partial charge in [0.15, 0.2) is 0 Å². The van der Waals surface area contributed by atoms with Gasteiger partial charge < -0.3 is 4.57 Å². The lowest BCUT2D eigenvalue weighted by Crippen LogP contribution is -2.28. The number of hydrogen-bond donors (Lipinski definition) is 0. The second-order valence-electron chi connectivity index (χ2n) is 17.6. The normalized spacial score (nSPS) is 13.3. The molecule has 0 atom stereocenters. The highest BCUT2D eigenvalue weighted by Gasteiger charge is 2.47. The maximum absolute atomic E-state index is 2.54. The van der Waals surface area contributed by atoms with Gasteiger partial charge in [0.05, 0.1) is 5.41 Å². The SMILES string of the molecule is Cn1c2ccccc2c2ccc(C/C(=C/c3ccc4c(c3)C(c3ccccc3)(c3ccccc3)c3cc(-c5ccc6c(c5)sc5ccccc56)c5ccccc5c3-4)c3ccccc3)cc21. The summed E-state index contributed by atoms with van der Waals surface area (Å²) < 4.78 is 4.98. The minimum Gasteiger partial charge on any atom is -0.344 e. The Kier molecular flexibility index (Phi) is 8.66. The number of para-hydroxylation sites is 1. The summed E-state index contributed by atoms with van der Waals surface area (Å²) in [5.41, 5.74) is 17.2. The van der Waals surface area contributed by atoms with Crippen molar-refractivity contribution in [1.29, 1.82) is 0 Å². The molecule has 1 aliphatic carbocycles. The molecule has 1 nitrogen and oxygen atoms in total. The van der Waals surface area contributed by atoms with Crippen molar-refractivity contribution >= 4 is 75.7 Å². The number of benzene rings is 10. The number of hydrogen-bond acceptors (Lipinski definition) is 1. The molecule has 65 heavy (non-hydrogen) atoms. The van der Waals surface area contributed by atoms with Crippen molar-refractivity contribution < 1.29 is 0 Å². The predicted molar refractivity (Wildman–Crippen MR) is 278 cm³/mol. The van der Waals surface area contributed by atoms with Gasteiger partial charge in [-0.25, -0.2) is 0 Å². The summed E-state index contributed by atoms with van der Waals surface area (Å²) in [6, 6.07) is 83.9. The van der Waals surface area contributed by atoms with Gasteiger partial charge >= 0.3 is 0 Å². The van der Waals surface area contributed by atoms with E-state index in [1.807, 2.05) is 11.3 Å². The maximum atomic E-state index is 2.54. The first-order chi connectivity index (χ1) is 32.1. The molecular weight excluding hydrogens is 803 g/mol. The fourth-order valence-corrected chi connectivity index (χ4v) is 12.4. The fraction of sp³-hybridized carbons (Fsp3) is 0.0476. The molecule has 2 heterocycles. The molecule has 0 saturated heterocycles. The zero-order valence-corrected chi connectivity index (χ0v) is 36.8. The summed E-state index contributed by atoms with van der Waals surface area (Å²) in [6.45, 7) is 0. The van der Waals surface area contributed by atoms with Gasteiger partial charge in [0.25, 0.3) is 0 Å². The quantitative estimate of drug-likeness (QED) is 0.141. The second kappa shape index (κ2) is 14.9. The molecule has 0 aliphatic heterocycles. The van der Waals surface area contributed by atoms with Crippen molar-refractivity contribution in [2.24, 2.45) is 7.05 Å². The van der Waals surface area contributed by atoms with Crippen LogP contribution in [0.5, 0.6) is 0 Å². The van der Waals surface area contributed by atoms with Crippen LogP contribution in [-0.2, 0) is 18.9 Å². The lowest BCUT2D eigenvalue weighted by atomic mass is 9.67. The average molecular weight is 846 g/mol. The smallest absolute Gasteiger partial charge is 0.0714 e. The van der Waals surface area contributed by atoms with E-state index in [0.29, 0.717) is 0 Å². The Morgan fingerprint density at radius 1 is 0.462 bits per heavy atom. The zero-order valence-electron chi connectivity index (χ0n) is 36.0. The zero-order chi connectivity index (χ0) is 43.1. The largest absolute Gasteiger partial charge is 0.344 e. The molecule has 0 spiro atoms. The third kappa shape index (κ3) is 5.84. The van der Waals surface area contributed by atoms with Crippen molar-refractivity contribution in [3.05, 3.63) is 263 Å². The van der Waals surface area contributed by atoms with Gasteiger partial charge in [0.1, 0.15) is 0 Å². The molecule has 0 amide bonds. The minimum atomic E-state index is -0.579. The molecule has 0 radical (unpaired) electrons. The summed E-state index contributed by atoms with van der Waals surface area (Å²) >= 11 is 1.88. The van der Waals surface area contributed by atoms with E-state index >= 15 is 0 Å². The van der Waals surface area contributed by atoms with Crippen LogP contribution in [0.15, 0.2) is 224 Å². The summed E-state index contributed by atoms with van der Waals surface area (Å²) in [7, 11) is 2.19. The molecule has 0 saturated carbocycles. The average Bonchev–Trinajstić information content (AvgIpc) is 3.99. The number of allylic oxidation sites excluding steroid dienone is 1. The van der Waals surface area contributed by atoms with Gasteiger partial charge in [-0.2, -0.15) is 0 Å². The molecule has 0 N–H and O–H groups in total. The van der Waals surface area contributed by atoms with Crippen LogP contribution in [0.3, 0.4) is 0 Å². The van der Waals surface area contributed by atoms with Crippen LogP contribution < -0.4 is 0 Å². The highest BCUT2D eigenvalue weighted by atomic mass is 32.1. The van der Waals surface area contributed by atoms with Gasteiger partial charge in [-0.05, 0) is 120 Å². The number of fused-ring (bicyclic) bond motifs is 11. The van der Waals surface area contributed by atoms with Crippen LogP contribution in [0.2, 0.25) is 0 Å². The summed E-state index contributed by atoms with van der Waals surface area (Å²) in [6.07, 6.45) is 3.24. The molecule has 2 heteroatoms. The second-order valence-corrected chi connectivity index (χ2v) is 18.7. The Hall–Kier alpha value is -7.78. The molecule has 306 valence electrons. The first kappa shape index (κ1) is 37.7. The molecule has 0 bridgehead atoms. The van der Waals surface area contributed by atoms with Gasteiger partial charge in [-0.15, -0.1) is 11.3 Å². The number of nitrogens with zero attached hydrogens (tertiary/aromatic N) is 1. The molecule has 0 fully saturated rings. The lowest BCUT2D eigenvalue weighted by Gasteiger charge is -2.34. The van der Waals surface area contributed by atoms with E-state index in [-0.39, 0.29) is 0 Å². The van der Waals surface area contributed by atoms with Crippen LogP contribution in [0.1, 0.15) is 38.9 Å². The van der Waals surface area contributed by atoms with Crippen molar-refractivity contribution in [2.75, 3.05) is 0 Å². The fourth-order valence-electron chi connectivity index (χ4n) is 11.2. The highest BCUT2D eigenvalue weighted by Crippen LogP contribution is 2.59. The number of aromatic nitrogens is 1. The van der Waals surface area contributed by atoms with Crippen LogP contribution in [-0.4, -0.2) is 4.57 Å². The molecule has 1 aliphatic rings. The first-order valence-electron chi connectivity index (χ1n) is 22.6. The maximum Gasteiger partial charge on any atom is 0.0714 e. The Morgan fingerprint density at radius 3 is 1.85 bits per heavy atom. The van der Waals surface area contributed by atoms with E-state index < -0.39 is 5.41 Å². The van der Waals surface area contributed by atoms with Crippen LogP contribution >= 0.6 is 11.3 Å². The van der Waals surface area contributed by atoms with Crippen LogP contribution in [0, 0.1) is 0 Å². The standard InChI is InChI=1S/C63H43NS/c1-64-58-27-15-13-24-49(58)50-32-29-42(38-59(50)64)36-45(43-17-5-2-6-18-43)35-41-30-33-54-56(37-41)63(46-19-7-3-8-20-46,47-21-9-4-10-22-47)57-40-55(48-23-11-12-26-53(48)62(54)57)44-31-34-52-51-25-14-16-28-60(51)65-61(52)39-44/h2-35,37-40H,36H2,1H3/b45-35-. The van der Waals surface area contributed by atoms with Crippen molar-refractivity contribution in [2.45, 2.75) is 11.8 Å². The third-order valence-electron chi connectivity index (χ3n) is 14.1. The summed E-state index contributed by atoms with van der Waals surface area (Å²) in [5, 5.41) is 7.79. The van der Waals surface area contributed by atoms with Gasteiger partial charge in [-0.3, -0.25) is 0 Å². The molecule has 12 aromatic rings. The molecule has 2 aromatic heterocycles. The van der Waals surface area contributed by atoms with Crippen molar-refractivity contribution in [3.8, 4) is 22.3 Å². The van der Waals surface area contributed by atoms with Gasteiger partial charge in [0.2, 0.25) is 0 Å². The van der Waals surface area contributed by atoms with E-state index in [1.165, 1.54) is 120 Å². The third-order valence-corrected chi connectivity index (χ3v) is 15.3. The van der Waals surface area contributed by atoms with Crippen LogP contribution in [0.25, 0.3) is 86.7 Å². The van der Waals surface area contributed by atoms with Crippen molar-refractivity contribution in [1.82, 2.24) is 4.57 Å². The number of thiophene rings is 1. The topological polar surface area (TPSA) is 4.93 Å². The molecule has 13 rings (SSSR count). The lowest BCUT2D eigenvalue weighted by molar-refractivity contribution is 0.769. The van der Waals surface area contributed by atoms with E-state index in [0.717, 1.165) is 6.42 Å². The monoisotopic (exact) mass is 845 g/mol. The Morgan fingerprint density at radius 2 is 1.08 bits per heavy atom. The first-order valence-corrected chi connectivity index (χ1v) is 23.4. The molecule has 10 aromatic carbocycles. The number of aryl methyl sites for hydroxylation is 1. The van der Waals surface area contributed by atoms with Gasteiger partial charge in [0, 0.05) is 49.0 Å². The predicted octanol–water partition coefficient (Wildman–Crippen LogP) is 16.7. The summed E-state index contributed by atoms with van der Waals surface area (Å²) in [4.78, 5) is 0. The Balaban J connectivity index is 1.04. The Labute approximate surface area is 382 Å².